The summed E-state index contributed by atoms with van der Waals surface area (Å²) in [4.78, 5) is 0. The highest BCUT2D eigenvalue weighted by molar-refractivity contribution is 5.89. The summed E-state index contributed by atoms with van der Waals surface area (Å²) < 4.78 is 0. The Labute approximate surface area is 128 Å². The van der Waals surface area contributed by atoms with Crippen LogP contribution in [0.2, 0.25) is 0 Å². The minimum atomic E-state index is -0.738. The van der Waals surface area contributed by atoms with E-state index >= 15 is 0 Å². The van der Waals surface area contributed by atoms with E-state index in [4.69, 9.17) is 0 Å². The summed E-state index contributed by atoms with van der Waals surface area (Å²) in [6, 6.07) is 20.8. The quantitative estimate of drug-likeness (QED) is 0.667. The summed E-state index contributed by atoms with van der Waals surface area (Å²) in [6.07, 6.45) is -1.47. The third kappa shape index (κ3) is 1.37. The lowest BCUT2D eigenvalue weighted by molar-refractivity contribution is -0.0150. The molecule has 0 radical (unpaired) electrons. The van der Waals surface area contributed by atoms with Gasteiger partial charge in [-0.3, -0.25) is 0 Å². The van der Waals surface area contributed by atoms with Crippen molar-refractivity contribution in [1.29, 1.82) is 0 Å². The molecule has 0 saturated carbocycles. The van der Waals surface area contributed by atoms with E-state index in [0.717, 1.165) is 11.1 Å². The van der Waals surface area contributed by atoms with Gasteiger partial charge in [0.1, 0.15) is 0 Å². The van der Waals surface area contributed by atoms with Crippen molar-refractivity contribution in [3.05, 3.63) is 82.9 Å². The van der Waals surface area contributed by atoms with E-state index < -0.39 is 12.2 Å². The zero-order valence-corrected chi connectivity index (χ0v) is 12.0. The topological polar surface area (TPSA) is 40.5 Å². The van der Waals surface area contributed by atoms with E-state index in [2.05, 4.69) is 36.4 Å². The lowest BCUT2D eigenvalue weighted by Crippen LogP contribution is -2.47. The van der Waals surface area contributed by atoms with Crippen LogP contribution in [0, 0.1) is 0 Å². The molecule has 108 valence electrons. The average Bonchev–Trinajstić information content (AvgIpc) is 2.57. The Hall–Kier alpha value is -2.16. The highest BCUT2D eigenvalue weighted by atomic mass is 16.3. The highest BCUT2D eigenvalue weighted by Gasteiger charge is 2.49. The molecule has 0 spiro atoms. The van der Waals surface area contributed by atoms with Crippen molar-refractivity contribution in [1.82, 2.24) is 0 Å². The molecule has 0 saturated heterocycles. The molecule has 0 fully saturated rings. The first-order chi connectivity index (χ1) is 10.8. The van der Waals surface area contributed by atoms with Gasteiger partial charge >= 0.3 is 0 Å². The first-order valence-corrected chi connectivity index (χ1v) is 7.74. The number of hydrogen-bond acceptors (Lipinski definition) is 2. The normalized spacial score (nSPS) is 28.5. The summed E-state index contributed by atoms with van der Waals surface area (Å²) in [7, 11) is 0. The maximum absolute atomic E-state index is 10.7. The van der Waals surface area contributed by atoms with Crippen LogP contribution in [0.15, 0.2) is 60.7 Å². The van der Waals surface area contributed by atoms with Crippen LogP contribution in [0.1, 0.15) is 34.1 Å². The molecule has 3 aromatic rings. The molecule has 0 unspecified atom stereocenters. The summed E-state index contributed by atoms with van der Waals surface area (Å²) >= 11 is 0. The Morgan fingerprint density at radius 2 is 1.23 bits per heavy atom. The standard InChI is InChI=1S/C20H16O2/c21-19-17-13-7-3-4-8-14(13)18(20(19)22)16-12-6-2-1-5-11(12)9-10-15(16)17/h1-10,17-22H/t17-,18-,19+,20-/m0/s1. The van der Waals surface area contributed by atoms with Gasteiger partial charge in [0.2, 0.25) is 0 Å². The highest BCUT2D eigenvalue weighted by Crippen LogP contribution is 2.54. The van der Waals surface area contributed by atoms with Crippen LogP contribution >= 0.6 is 0 Å². The molecular formula is C20H16O2. The molecule has 3 aromatic carbocycles. The molecule has 2 N–H and O–H groups in total. The van der Waals surface area contributed by atoms with Crippen molar-refractivity contribution in [2.75, 3.05) is 0 Å². The fourth-order valence-corrected chi connectivity index (χ4v) is 4.45. The number of aliphatic hydroxyl groups excluding tert-OH is 2. The monoisotopic (exact) mass is 288 g/mol. The summed E-state index contributed by atoms with van der Waals surface area (Å²) in [5.74, 6) is -0.270. The molecule has 3 aliphatic carbocycles. The molecule has 0 amide bonds. The maximum atomic E-state index is 10.7. The van der Waals surface area contributed by atoms with Crippen LogP contribution in [0.4, 0.5) is 0 Å². The molecule has 4 atom stereocenters. The lowest BCUT2D eigenvalue weighted by Gasteiger charge is -2.47. The summed E-state index contributed by atoms with van der Waals surface area (Å²) in [5, 5.41) is 23.6. The predicted octanol–water partition coefficient (Wildman–Crippen LogP) is 3.15. The SMILES string of the molecule is O[C@@H]1[C@H]2c3ccccc3[C@@H](c3c2ccc2ccccc32)[C@@H]1O. The second-order valence-electron chi connectivity index (χ2n) is 6.36. The minimum Gasteiger partial charge on any atom is -0.389 e. The van der Waals surface area contributed by atoms with Crippen LogP contribution in [-0.2, 0) is 0 Å². The average molecular weight is 288 g/mol. The Bertz CT molecular complexity index is 899. The van der Waals surface area contributed by atoms with Crippen LogP contribution in [0.25, 0.3) is 10.8 Å². The third-order valence-corrected chi connectivity index (χ3v) is 5.35. The van der Waals surface area contributed by atoms with Crippen molar-refractivity contribution in [3.63, 3.8) is 0 Å². The number of benzene rings is 3. The second-order valence-corrected chi connectivity index (χ2v) is 6.36. The Morgan fingerprint density at radius 3 is 2.05 bits per heavy atom. The predicted molar refractivity (Wildman–Crippen MR) is 86.1 cm³/mol. The van der Waals surface area contributed by atoms with E-state index in [1.54, 1.807) is 0 Å². The number of fused-ring (bicyclic) bond motifs is 2. The van der Waals surface area contributed by atoms with Crippen molar-refractivity contribution < 1.29 is 10.2 Å². The van der Waals surface area contributed by atoms with Crippen LogP contribution in [-0.4, -0.2) is 22.4 Å². The number of aliphatic hydroxyl groups is 2. The molecule has 22 heavy (non-hydrogen) atoms. The smallest absolute Gasteiger partial charge is 0.0917 e. The first-order valence-electron chi connectivity index (χ1n) is 7.74. The zero-order valence-electron chi connectivity index (χ0n) is 12.0. The van der Waals surface area contributed by atoms with Crippen LogP contribution in [0.3, 0.4) is 0 Å². The molecule has 3 aliphatic rings. The maximum Gasteiger partial charge on any atom is 0.0917 e. The van der Waals surface area contributed by atoms with Gasteiger partial charge in [0.05, 0.1) is 12.2 Å². The second kappa shape index (κ2) is 4.19. The fourth-order valence-electron chi connectivity index (χ4n) is 4.45. The number of rotatable bonds is 0. The third-order valence-electron chi connectivity index (χ3n) is 5.35. The van der Waals surface area contributed by atoms with Gasteiger partial charge in [-0.15, -0.1) is 0 Å². The van der Waals surface area contributed by atoms with E-state index in [1.807, 2.05) is 24.3 Å². The summed E-state index contributed by atoms with van der Waals surface area (Å²) in [5.41, 5.74) is 4.68. The van der Waals surface area contributed by atoms with Gasteiger partial charge < -0.3 is 10.2 Å². The molecule has 0 aliphatic heterocycles. The Balaban J connectivity index is 1.92. The van der Waals surface area contributed by atoms with E-state index in [1.165, 1.54) is 21.9 Å². The van der Waals surface area contributed by atoms with Gasteiger partial charge in [-0.1, -0.05) is 60.7 Å². The van der Waals surface area contributed by atoms with Gasteiger partial charge in [-0.25, -0.2) is 0 Å². The molecule has 0 aromatic heterocycles. The van der Waals surface area contributed by atoms with Crippen molar-refractivity contribution in [2.45, 2.75) is 24.0 Å². The largest absolute Gasteiger partial charge is 0.389 e. The number of hydrogen-bond donors (Lipinski definition) is 2. The molecule has 0 heterocycles. The molecule has 2 heteroatoms. The molecule has 2 nitrogen and oxygen atoms in total. The fraction of sp³-hybridized carbons (Fsp3) is 0.200. The summed E-state index contributed by atoms with van der Waals surface area (Å²) in [6.45, 7) is 0. The molecular weight excluding hydrogens is 272 g/mol. The van der Waals surface area contributed by atoms with Gasteiger partial charge in [0.15, 0.2) is 0 Å². The first kappa shape index (κ1) is 12.4. The Kier molecular flexibility index (Phi) is 2.36. The van der Waals surface area contributed by atoms with Crippen molar-refractivity contribution >= 4 is 10.8 Å². The van der Waals surface area contributed by atoms with Gasteiger partial charge in [-0.2, -0.15) is 0 Å². The van der Waals surface area contributed by atoms with Gasteiger partial charge in [0.25, 0.3) is 0 Å². The zero-order chi connectivity index (χ0) is 14.8. The molecule has 2 bridgehead atoms. The van der Waals surface area contributed by atoms with Gasteiger partial charge in [0, 0.05) is 11.8 Å². The lowest BCUT2D eigenvalue weighted by atomic mass is 9.60. The minimum absolute atomic E-state index is 0.129. The van der Waals surface area contributed by atoms with Gasteiger partial charge in [-0.05, 0) is 33.0 Å². The van der Waals surface area contributed by atoms with E-state index in [9.17, 15) is 10.2 Å². The van der Waals surface area contributed by atoms with Crippen LogP contribution in [0.5, 0.6) is 0 Å². The molecule has 6 rings (SSSR count). The van der Waals surface area contributed by atoms with E-state index in [0.29, 0.717) is 0 Å². The van der Waals surface area contributed by atoms with Crippen LogP contribution < -0.4 is 0 Å². The van der Waals surface area contributed by atoms with Crippen molar-refractivity contribution in [2.24, 2.45) is 0 Å². The van der Waals surface area contributed by atoms with E-state index in [-0.39, 0.29) is 11.8 Å². The van der Waals surface area contributed by atoms with Crippen molar-refractivity contribution in [3.8, 4) is 0 Å². The Morgan fingerprint density at radius 1 is 0.591 bits per heavy atom.